The number of benzene rings is 2. The average molecular weight is 507 g/mol. The molecule has 2 saturated heterocycles. The van der Waals surface area contributed by atoms with E-state index < -0.39 is 17.1 Å². The first kappa shape index (κ1) is 25.7. The molecule has 7 heteroatoms. The summed E-state index contributed by atoms with van der Waals surface area (Å²) in [5.74, 6) is 0.371. The van der Waals surface area contributed by atoms with Gasteiger partial charge in [0, 0.05) is 31.0 Å². The van der Waals surface area contributed by atoms with Crippen LogP contribution in [-0.4, -0.2) is 61.3 Å². The summed E-state index contributed by atoms with van der Waals surface area (Å²) in [6.07, 6.45) is 1.40. The Balaban J connectivity index is 1.57. The van der Waals surface area contributed by atoms with E-state index in [0.717, 1.165) is 35.4 Å². The highest BCUT2D eigenvalue weighted by atomic mass is 16.5. The van der Waals surface area contributed by atoms with Gasteiger partial charge in [0.15, 0.2) is 5.60 Å². The fraction of sp³-hybridized carbons (Fsp3) is 0.533. The summed E-state index contributed by atoms with van der Waals surface area (Å²) in [6.45, 7) is 7.07. The van der Waals surface area contributed by atoms with E-state index in [1.165, 1.54) is 0 Å². The van der Waals surface area contributed by atoms with Gasteiger partial charge in [0.2, 0.25) is 5.91 Å². The molecule has 7 nitrogen and oxygen atoms in total. The van der Waals surface area contributed by atoms with E-state index >= 15 is 0 Å². The van der Waals surface area contributed by atoms with Crippen LogP contribution in [0.15, 0.2) is 48.5 Å². The molecular formula is C30H38N2O5. The second-order valence-corrected chi connectivity index (χ2v) is 11.3. The summed E-state index contributed by atoms with van der Waals surface area (Å²) in [5.41, 5.74) is 1.27. The van der Waals surface area contributed by atoms with E-state index in [4.69, 9.17) is 9.47 Å². The van der Waals surface area contributed by atoms with E-state index in [0.29, 0.717) is 6.54 Å². The van der Waals surface area contributed by atoms with Gasteiger partial charge in [-0.15, -0.1) is 0 Å². The minimum atomic E-state index is -1.15. The molecule has 0 unspecified atom stereocenters. The first-order valence-corrected chi connectivity index (χ1v) is 13.3. The maximum atomic E-state index is 13.9. The summed E-state index contributed by atoms with van der Waals surface area (Å²) in [6, 6.07) is 15.7. The lowest BCUT2D eigenvalue weighted by Gasteiger charge is -2.39. The van der Waals surface area contributed by atoms with Crippen molar-refractivity contribution in [2.24, 2.45) is 11.8 Å². The largest absolute Gasteiger partial charge is 0.497 e. The molecule has 3 aliphatic rings. The maximum absolute atomic E-state index is 13.9. The molecule has 3 aliphatic heterocycles. The van der Waals surface area contributed by atoms with Crippen LogP contribution in [0.1, 0.15) is 51.2 Å². The van der Waals surface area contributed by atoms with Crippen LogP contribution in [0.25, 0.3) is 0 Å². The molecule has 5 atom stereocenters. The highest BCUT2D eigenvalue weighted by Crippen LogP contribution is 2.59. The predicted octanol–water partition coefficient (Wildman–Crippen LogP) is 3.87. The van der Waals surface area contributed by atoms with Gasteiger partial charge in [-0.05, 0) is 42.0 Å². The fourth-order valence-corrected chi connectivity index (χ4v) is 7.22. The summed E-state index contributed by atoms with van der Waals surface area (Å²) >= 11 is 0. The van der Waals surface area contributed by atoms with Gasteiger partial charge in [-0.2, -0.15) is 0 Å². The molecule has 2 fully saturated rings. The van der Waals surface area contributed by atoms with E-state index in [1.807, 2.05) is 36.4 Å². The molecule has 198 valence electrons. The van der Waals surface area contributed by atoms with E-state index in [-0.39, 0.29) is 42.7 Å². The van der Waals surface area contributed by atoms with Gasteiger partial charge in [0.25, 0.3) is 5.91 Å². The van der Waals surface area contributed by atoms with Gasteiger partial charge >= 0.3 is 0 Å². The average Bonchev–Trinajstić information content (AvgIpc) is 3.56. The molecule has 0 saturated carbocycles. The van der Waals surface area contributed by atoms with Crippen LogP contribution >= 0.6 is 0 Å². The Morgan fingerprint density at radius 3 is 2.57 bits per heavy atom. The Hall–Kier alpha value is -2.90. The number of hydrogen-bond donors (Lipinski definition) is 1. The lowest BCUT2D eigenvalue weighted by molar-refractivity contribution is -0.150. The van der Waals surface area contributed by atoms with Crippen molar-refractivity contribution in [3.05, 3.63) is 59.7 Å². The van der Waals surface area contributed by atoms with Gasteiger partial charge < -0.3 is 24.4 Å². The van der Waals surface area contributed by atoms with Crippen LogP contribution in [0, 0.1) is 11.8 Å². The number of fused-ring (bicyclic) bond motifs is 2. The zero-order valence-corrected chi connectivity index (χ0v) is 22.4. The first-order chi connectivity index (χ1) is 17.7. The van der Waals surface area contributed by atoms with Crippen LogP contribution in [0.3, 0.4) is 0 Å². The quantitative estimate of drug-likeness (QED) is 0.644. The normalized spacial score (nSPS) is 29.3. The number of methoxy groups -OCH3 is 1. The molecule has 5 rings (SSSR count). The monoisotopic (exact) mass is 506 g/mol. The molecular weight excluding hydrogens is 468 g/mol. The molecule has 3 heterocycles. The van der Waals surface area contributed by atoms with Crippen LogP contribution in [0.5, 0.6) is 5.75 Å². The standard InChI is InChI=1S/C30H38N2O5/c1-19-27(29(2,3)20-12-14-22(36-5)15-13-20)25(17-26(34)32-16-8-9-21(32)18-33)37-30(19)23-10-6-7-11-24(23)31(4)28(30)35/h6-7,10-15,19,21,25,27,33H,8-9,16-18H2,1-5H3/t19-,21+,25+,27-,30+/m1/s1. The lowest BCUT2D eigenvalue weighted by atomic mass is 9.63. The number of para-hydroxylation sites is 1. The molecule has 37 heavy (non-hydrogen) atoms. The van der Waals surface area contributed by atoms with Gasteiger partial charge in [0.1, 0.15) is 5.75 Å². The summed E-state index contributed by atoms with van der Waals surface area (Å²) in [4.78, 5) is 31.0. The lowest BCUT2D eigenvalue weighted by Crippen LogP contribution is -2.45. The van der Waals surface area contributed by atoms with Crippen LogP contribution < -0.4 is 9.64 Å². The molecule has 0 bridgehead atoms. The first-order valence-electron chi connectivity index (χ1n) is 13.3. The van der Waals surface area contributed by atoms with Crippen molar-refractivity contribution >= 4 is 17.5 Å². The maximum Gasteiger partial charge on any atom is 0.264 e. The van der Waals surface area contributed by atoms with Crippen LogP contribution in [-0.2, 0) is 25.3 Å². The molecule has 0 aliphatic carbocycles. The van der Waals surface area contributed by atoms with Crippen molar-refractivity contribution in [1.82, 2.24) is 4.90 Å². The Kier molecular flexibility index (Phi) is 6.57. The Morgan fingerprint density at radius 1 is 1.19 bits per heavy atom. The zero-order valence-electron chi connectivity index (χ0n) is 22.4. The SMILES string of the molecule is COc1ccc(C(C)(C)[C@H]2[C@H](CC(=O)N3CCC[C@H]3CO)O[C@@]3(C(=O)N(C)c4ccccc43)[C@@H]2C)cc1. The minimum Gasteiger partial charge on any atom is -0.497 e. The van der Waals surface area contributed by atoms with Crippen LogP contribution in [0.4, 0.5) is 5.69 Å². The number of hydrogen-bond acceptors (Lipinski definition) is 5. The van der Waals surface area contributed by atoms with E-state index in [1.54, 1.807) is 24.0 Å². The number of nitrogens with zero attached hydrogens (tertiary/aromatic N) is 2. The molecule has 1 spiro atoms. The third kappa shape index (κ3) is 3.86. The molecule has 2 aromatic rings. The number of rotatable bonds is 6. The third-order valence-corrected chi connectivity index (χ3v) is 9.16. The van der Waals surface area contributed by atoms with Gasteiger partial charge in [-0.3, -0.25) is 9.59 Å². The van der Waals surface area contributed by atoms with Gasteiger partial charge in [0.05, 0.1) is 38.0 Å². The summed E-state index contributed by atoms with van der Waals surface area (Å²) in [5, 5.41) is 9.82. The van der Waals surface area contributed by atoms with Gasteiger partial charge in [-0.1, -0.05) is 51.1 Å². The number of likely N-dealkylation sites (tertiary alicyclic amines) is 1. The highest BCUT2D eigenvalue weighted by molar-refractivity contribution is 6.07. The Morgan fingerprint density at radius 2 is 1.89 bits per heavy atom. The van der Waals surface area contributed by atoms with Crippen molar-refractivity contribution in [3.8, 4) is 5.75 Å². The minimum absolute atomic E-state index is 0.0200. The number of aliphatic hydroxyl groups is 1. The molecule has 2 amide bonds. The van der Waals surface area contributed by atoms with Crippen molar-refractivity contribution in [2.75, 3.05) is 32.2 Å². The number of amides is 2. The fourth-order valence-electron chi connectivity index (χ4n) is 7.22. The zero-order chi connectivity index (χ0) is 26.5. The molecule has 0 radical (unpaired) electrons. The van der Waals surface area contributed by atoms with Gasteiger partial charge in [-0.25, -0.2) is 0 Å². The number of anilines is 1. The van der Waals surface area contributed by atoms with E-state index in [9.17, 15) is 14.7 Å². The second kappa shape index (κ2) is 9.44. The Labute approximate surface area is 219 Å². The Bertz CT molecular complexity index is 1180. The number of carbonyl (C=O) groups excluding carboxylic acids is 2. The number of aliphatic hydroxyl groups excluding tert-OH is 1. The van der Waals surface area contributed by atoms with Crippen molar-refractivity contribution in [3.63, 3.8) is 0 Å². The summed E-state index contributed by atoms with van der Waals surface area (Å²) in [7, 11) is 3.44. The second-order valence-electron chi connectivity index (χ2n) is 11.3. The van der Waals surface area contributed by atoms with Crippen molar-refractivity contribution in [2.45, 2.75) is 63.2 Å². The van der Waals surface area contributed by atoms with E-state index in [2.05, 4.69) is 32.9 Å². The highest BCUT2D eigenvalue weighted by Gasteiger charge is 2.65. The summed E-state index contributed by atoms with van der Waals surface area (Å²) < 4.78 is 12.2. The topological polar surface area (TPSA) is 79.3 Å². The van der Waals surface area contributed by atoms with Crippen LogP contribution in [0.2, 0.25) is 0 Å². The number of likely N-dealkylation sites (N-methyl/N-ethyl adjacent to an activating group) is 1. The number of carbonyl (C=O) groups is 2. The third-order valence-electron chi connectivity index (χ3n) is 9.16. The molecule has 1 N–H and O–H groups in total. The van der Waals surface area contributed by atoms with Crippen molar-refractivity contribution in [1.29, 1.82) is 0 Å². The smallest absolute Gasteiger partial charge is 0.264 e. The number of ether oxygens (including phenoxy) is 2. The molecule has 2 aromatic carbocycles. The van der Waals surface area contributed by atoms with Crippen molar-refractivity contribution < 1.29 is 24.2 Å². The molecule has 0 aromatic heterocycles. The predicted molar refractivity (Wildman–Crippen MR) is 142 cm³/mol.